The Kier molecular flexibility index (Phi) is 5.38. The molecule has 0 spiro atoms. The van der Waals surface area contributed by atoms with Gasteiger partial charge in [-0.3, -0.25) is 4.79 Å². The van der Waals surface area contributed by atoms with Crippen LogP contribution in [0.4, 0.5) is 14.9 Å². The Labute approximate surface area is 108 Å². The van der Waals surface area contributed by atoms with Crippen LogP contribution in [-0.2, 0) is 4.79 Å². The summed E-state index contributed by atoms with van der Waals surface area (Å²) in [6, 6.07) is 3.50. The Hall–Kier alpha value is -1.82. The minimum absolute atomic E-state index is 0.0268. The van der Waals surface area contributed by atoms with E-state index in [1.165, 1.54) is 18.2 Å². The number of carboxylic acid groups (broad SMARTS) is 1. The number of carbonyl (C=O) groups excluding carboxylic acids is 1. The van der Waals surface area contributed by atoms with E-state index >= 15 is 0 Å². The lowest BCUT2D eigenvalue weighted by Crippen LogP contribution is -2.29. The number of hydrogen-bond donors (Lipinski definition) is 3. The molecule has 0 aromatic heterocycles. The largest absolute Gasteiger partial charge is 0.481 e. The minimum Gasteiger partial charge on any atom is -0.481 e. The lowest BCUT2D eigenvalue weighted by Gasteiger charge is -2.08. The van der Waals surface area contributed by atoms with Crippen molar-refractivity contribution < 1.29 is 19.1 Å². The van der Waals surface area contributed by atoms with Gasteiger partial charge in [-0.15, -0.1) is 0 Å². The highest BCUT2D eigenvalue weighted by Crippen LogP contribution is 2.24. The second kappa shape index (κ2) is 6.80. The summed E-state index contributed by atoms with van der Waals surface area (Å²) >= 11 is 5.64. The normalized spacial score (nSPS) is 9.89. The first-order valence-electron chi connectivity index (χ1n) is 5.21. The highest BCUT2D eigenvalue weighted by Gasteiger charge is 2.08. The first kappa shape index (κ1) is 14.2. The first-order valence-corrected chi connectivity index (χ1v) is 5.59. The zero-order chi connectivity index (χ0) is 13.5. The van der Waals surface area contributed by atoms with Crippen LogP contribution >= 0.6 is 11.6 Å². The third-order valence-electron chi connectivity index (χ3n) is 2.05. The molecule has 7 heteroatoms. The molecular weight excluding hydrogens is 263 g/mol. The monoisotopic (exact) mass is 274 g/mol. The molecule has 0 saturated carbocycles. The number of urea groups is 1. The predicted molar refractivity (Wildman–Crippen MR) is 65.3 cm³/mol. The van der Waals surface area contributed by atoms with Crippen LogP contribution in [0.15, 0.2) is 18.2 Å². The maximum absolute atomic E-state index is 13.1. The fourth-order valence-electron chi connectivity index (χ4n) is 1.21. The summed E-state index contributed by atoms with van der Waals surface area (Å²) in [6.07, 6.45) is 0.292. The molecule has 0 aliphatic heterocycles. The minimum atomic E-state index is -0.926. The summed E-state index contributed by atoms with van der Waals surface area (Å²) in [6.45, 7) is 0.213. The van der Waals surface area contributed by atoms with Gasteiger partial charge in [0, 0.05) is 13.0 Å². The quantitative estimate of drug-likeness (QED) is 0.722. The molecule has 98 valence electrons. The van der Waals surface area contributed by atoms with E-state index in [2.05, 4.69) is 10.6 Å². The predicted octanol–water partition coefficient (Wildman–Crippen LogP) is 2.47. The molecule has 1 rings (SSSR count). The highest BCUT2D eigenvalue weighted by molar-refractivity contribution is 6.33. The van der Waals surface area contributed by atoms with Crippen LogP contribution in [0.1, 0.15) is 12.8 Å². The molecule has 0 aliphatic rings. The van der Waals surface area contributed by atoms with Gasteiger partial charge in [0.05, 0.1) is 10.7 Å². The van der Waals surface area contributed by atoms with Gasteiger partial charge in [0.1, 0.15) is 5.82 Å². The van der Waals surface area contributed by atoms with E-state index in [1.54, 1.807) is 0 Å². The highest BCUT2D eigenvalue weighted by atomic mass is 35.5. The van der Waals surface area contributed by atoms with E-state index in [0.29, 0.717) is 6.42 Å². The fourth-order valence-corrected chi connectivity index (χ4v) is 1.38. The Balaban J connectivity index is 2.40. The van der Waals surface area contributed by atoms with Gasteiger partial charge < -0.3 is 15.7 Å². The van der Waals surface area contributed by atoms with E-state index in [1.807, 2.05) is 0 Å². The lowest BCUT2D eigenvalue weighted by molar-refractivity contribution is -0.137. The lowest BCUT2D eigenvalue weighted by atomic mass is 10.3. The van der Waals surface area contributed by atoms with E-state index < -0.39 is 17.8 Å². The molecule has 0 heterocycles. The summed E-state index contributed by atoms with van der Waals surface area (Å²) < 4.78 is 13.1. The van der Waals surface area contributed by atoms with E-state index in [4.69, 9.17) is 16.7 Å². The first-order chi connectivity index (χ1) is 8.50. The molecule has 1 aromatic carbocycles. The number of amides is 2. The van der Waals surface area contributed by atoms with Crippen molar-refractivity contribution >= 4 is 29.3 Å². The van der Waals surface area contributed by atoms with Crippen molar-refractivity contribution in [1.82, 2.24) is 5.32 Å². The Bertz CT molecular complexity index is 454. The van der Waals surface area contributed by atoms with Gasteiger partial charge in [-0.2, -0.15) is 0 Å². The average molecular weight is 275 g/mol. The van der Waals surface area contributed by atoms with Crippen LogP contribution in [0.2, 0.25) is 5.02 Å². The van der Waals surface area contributed by atoms with Crippen LogP contribution in [-0.4, -0.2) is 23.7 Å². The van der Waals surface area contributed by atoms with Gasteiger partial charge in [0.2, 0.25) is 0 Å². The summed E-state index contributed by atoms with van der Waals surface area (Å²) in [5.41, 5.74) is 0.160. The summed E-state index contributed by atoms with van der Waals surface area (Å²) in [4.78, 5) is 21.6. The van der Waals surface area contributed by atoms with Crippen LogP contribution in [0.25, 0.3) is 0 Å². The SMILES string of the molecule is O=C(O)CCCNC(=O)Nc1cccc(F)c1Cl. The molecule has 0 unspecified atom stereocenters. The van der Waals surface area contributed by atoms with Gasteiger partial charge in [0.15, 0.2) is 0 Å². The smallest absolute Gasteiger partial charge is 0.319 e. The van der Waals surface area contributed by atoms with Crippen molar-refractivity contribution in [3.05, 3.63) is 29.0 Å². The number of carbonyl (C=O) groups is 2. The van der Waals surface area contributed by atoms with Gasteiger partial charge in [-0.1, -0.05) is 17.7 Å². The van der Waals surface area contributed by atoms with Crippen LogP contribution in [0, 0.1) is 5.82 Å². The standard InChI is InChI=1S/C11H12ClFN2O3/c12-10-7(13)3-1-4-8(10)15-11(18)14-6-2-5-9(16)17/h1,3-4H,2,5-6H2,(H,16,17)(H2,14,15,18). The second-order valence-corrected chi connectivity index (χ2v) is 3.86. The number of hydrogen-bond acceptors (Lipinski definition) is 2. The van der Waals surface area contributed by atoms with Gasteiger partial charge >= 0.3 is 12.0 Å². The van der Waals surface area contributed by atoms with E-state index in [9.17, 15) is 14.0 Å². The molecule has 0 bridgehead atoms. The number of carboxylic acids is 1. The maximum atomic E-state index is 13.1. The summed E-state index contributed by atoms with van der Waals surface area (Å²) in [5, 5.41) is 13.0. The second-order valence-electron chi connectivity index (χ2n) is 3.48. The van der Waals surface area contributed by atoms with Gasteiger partial charge in [0.25, 0.3) is 0 Å². The molecule has 0 aliphatic carbocycles. The zero-order valence-corrected chi connectivity index (χ0v) is 10.1. The third-order valence-corrected chi connectivity index (χ3v) is 2.44. The average Bonchev–Trinajstić information content (AvgIpc) is 2.30. The molecule has 5 nitrogen and oxygen atoms in total. The number of anilines is 1. The topological polar surface area (TPSA) is 78.4 Å². The van der Waals surface area contributed by atoms with Crippen LogP contribution in [0.3, 0.4) is 0 Å². The molecular formula is C11H12ClFN2O3. The molecule has 3 N–H and O–H groups in total. The van der Waals surface area contributed by atoms with Crippen molar-refractivity contribution in [3.8, 4) is 0 Å². The fraction of sp³-hybridized carbons (Fsp3) is 0.273. The van der Waals surface area contributed by atoms with E-state index in [-0.39, 0.29) is 23.7 Å². The third kappa shape index (κ3) is 4.58. The van der Waals surface area contributed by atoms with Crippen molar-refractivity contribution in [2.24, 2.45) is 0 Å². The van der Waals surface area contributed by atoms with E-state index in [0.717, 1.165) is 0 Å². The Morgan fingerprint density at radius 1 is 1.39 bits per heavy atom. The molecule has 18 heavy (non-hydrogen) atoms. The van der Waals surface area contributed by atoms with Gasteiger partial charge in [-0.05, 0) is 18.6 Å². The van der Waals surface area contributed by atoms with Crippen LogP contribution < -0.4 is 10.6 Å². The number of benzene rings is 1. The van der Waals surface area contributed by atoms with Crippen molar-refractivity contribution in [2.75, 3.05) is 11.9 Å². The molecule has 2 amide bonds. The summed E-state index contributed by atoms with van der Waals surface area (Å²) in [7, 11) is 0. The molecule has 1 aromatic rings. The van der Waals surface area contributed by atoms with Crippen LogP contribution in [0.5, 0.6) is 0 Å². The number of rotatable bonds is 5. The molecule has 0 radical (unpaired) electrons. The number of halogens is 2. The Morgan fingerprint density at radius 2 is 2.11 bits per heavy atom. The summed E-state index contributed by atoms with van der Waals surface area (Å²) in [5.74, 6) is -1.55. The number of aliphatic carboxylic acids is 1. The van der Waals surface area contributed by atoms with Crippen molar-refractivity contribution in [3.63, 3.8) is 0 Å². The molecule has 0 fully saturated rings. The van der Waals surface area contributed by atoms with Gasteiger partial charge in [-0.25, -0.2) is 9.18 Å². The zero-order valence-electron chi connectivity index (χ0n) is 9.37. The van der Waals surface area contributed by atoms with Crippen molar-refractivity contribution in [1.29, 1.82) is 0 Å². The maximum Gasteiger partial charge on any atom is 0.319 e. The molecule has 0 saturated heterocycles. The Morgan fingerprint density at radius 3 is 2.78 bits per heavy atom. The number of nitrogens with one attached hydrogen (secondary N) is 2. The molecule has 0 atom stereocenters. The van der Waals surface area contributed by atoms with Crippen molar-refractivity contribution in [2.45, 2.75) is 12.8 Å².